The third kappa shape index (κ3) is 3.35. The van der Waals surface area contributed by atoms with Crippen molar-refractivity contribution in [2.24, 2.45) is 0 Å². The largest absolute Gasteiger partial charge is 0.416 e. The number of piperazine rings is 1. The molecule has 1 atom stereocenters. The number of aromatic amines is 1. The quantitative estimate of drug-likeness (QED) is 0.868. The molecule has 25 heavy (non-hydrogen) atoms. The molecule has 0 saturated carbocycles. The summed E-state index contributed by atoms with van der Waals surface area (Å²) in [6.07, 6.45) is -3.09. The Labute approximate surface area is 141 Å². The van der Waals surface area contributed by atoms with Gasteiger partial charge in [-0.2, -0.15) is 13.2 Å². The molecule has 1 unspecified atom stereocenters. The third-order valence-corrected chi connectivity index (χ3v) is 3.96. The summed E-state index contributed by atoms with van der Waals surface area (Å²) in [5.41, 5.74) is -0.270. The number of halogens is 3. The van der Waals surface area contributed by atoms with Crippen LogP contribution in [0.5, 0.6) is 0 Å². The van der Waals surface area contributed by atoms with Crippen LogP contribution in [-0.4, -0.2) is 39.8 Å². The minimum Gasteiger partial charge on any atom is -0.352 e. The molecule has 0 bridgehead atoms. The molecule has 0 aliphatic carbocycles. The van der Waals surface area contributed by atoms with Crippen LogP contribution in [0.25, 0.3) is 0 Å². The Bertz CT molecular complexity index is 798. The van der Waals surface area contributed by atoms with Gasteiger partial charge in [0.1, 0.15) is 17.6 Å². The van der Waals surface area contributed by atoms with Crippen LogP contribution in [0.1, 0.15) is 33.5 Å². The number of hydrogen-bond donors (Lipinski definition) is 2. The Morgan fingerprint density at radius 1 is 1.28 bits per heavy atom. The fourth-order valence-electron chi connectivity index (χ4n) is 2.76. The van der Waals surface area contributed by atoms with Gasteiger partial charge in [-0.15, -0.1) is 0 Å². The first-order valence-corrected chi connectivity index (χ1v) is 7.55. The van der Waals surface area contributed by atoms with Crippen molar-refractivity contribution in [3.8, 4) is 0 Å². The van der Waals surface area contributed by atoms with E-state index in [4.69, 9.17) is 0 Å². The van der Waals surface area contributed by atoms with Crippen LogP contribution in [0.15, 0.2) is 30.5 Å². The van der Waals surface area contributed by atoms with Gasteiger partial charge >= 0.3 is 6.18 Å². The number of H-pyrrole nitrogens is 1. The first-order chi connectivity index (χ1) is 11.8. The Morgan fingerprint density at radius 2 is 1.96 bits per heavy atom. The fourth-order valence-corrected chi connectivity index (χ4v) is 2.76. The van der Waals surface area contributed by atoms with Crippen molar-refractivity contribution < 1.29 is 22.8 Å². The van der Waals surface area contributed by atoms with E-state index in [2.05, 4.69) is 15.3 Å². The molecule has 1 aromatic heterocycles. The summed E-state index contributed by atoms with van der Waals surface area (Å²) in [6, 6.07) is 3.25. The molecule has 6 nitrogen and oxygen atoms in total. The predicted molar refractivity (Wildman–Crippen MR) is 81.6 cm³/mol. The second-order valence-corrected chi connectivity index (χ2v) is 5.69. The number of imidazole rings is 1. The number of alkyl halides is 3. The minimum atomic E-state index is -4.46. The van der Waals surface area contributed by atoms with Crippen molar-refractivity contribution in [3.05, 3.63) is 53.1 Å². The summed E-state index contributed by atoms with van der Waals surface area (Å²) in [4.78, 5) is 33.0. The smallest absolute Gasteiger partial charge is 0.352 e. The lowest BCUT2D eigenvalue weighted by atomic mass is 10.0. The number of hydrogen-bond acceptors (Lipinski definition) is 3. The molecule has 2 heterocycles. The molecule has 1 fully saturated rings. The standard InChI is InChI=1S/C16H15F3N4O2/c1-9-21-8-12(22-9)15(25)23-7-6-20-14(24)13(23)10-2-4-11(5-3-10)16(17,18)19/h2-5,8,13H,6-7H2,1H3,(H,20,24)(H,21,22). The molecule has 9 heteroatoms. The van der Waals surface area contributed by atoms with Crippen molar-refractivity contribution in [2.75, 3.05) is 13.1 Å². The molecule has 2 aromatic rings. The maximum Gasteiger partial charge on any atom is 0.416 e. The van der Waals surface area contributed by atoms with Crippen LogP contribution in [-0.2, 0) is 11.0 Å². The van der Waals surface area contributed by atoms with E-state index in [-0.39, 0.29) is 18.8 Å². The van der Waals surface area contributed by atoms with Gasteiger partial charge in [0.2, 0.25) is 5.91 Å². The highest BCUT2D eigenvalue weighted by molar-refractivity contribution is 5.97. The van der Waals surface area contributed by atoms with Crippen molar-refractivity contribution in [2.45, 2.75) is 19.1 Å². The van der Waals surface area contributed by atoms with Gasteiger partial charge in [-0.25, -0.2) is 4.98 Å². The molecule has 2 amide bonds. The molecule has 0 spiro atoms. The summed E-state index contributed by atoms with van der Waals surface area (Å²) in [5, 5.41) is 2.64. The number of aromatic nitrogens is 2. The second-order valence-electron chi connectivity index (χ2n) is 5.69. The van der Waals surface area contributed by atoms with Crippen LogP contribution >= 0.6 is 0 Å². The third-order valence-electron chi connectivity index (χ3n) is 3.96. The van der Waals surface area contributed by atoms with E-state index in [9.17, 15) is 22.8 Å². The van der Waals surface area contributed by atoms with E-state index in [1.54, 1.807) is 6.92 Å². The molecule has 132 valence electrons. The SMILES string of the molecule is Cc1ncc(C(=O)N2CCNC(=O)C2c2ccc(C(F)(F)F)cc2)[nH]1. The number of amides is 2. The van der Waals surface area contributed by atoms with Crippen LogP contribution < -0.4 is 5.32 Å². The number of nitrogens with one attached hydrogen (secondary N) is 2. The first kappa shape index (κ1) is 17.0. The van der Waals surface area contributed by atoms with E-state index in [1.807, 2.05) is 0 Å². The maximum atomic E-state index is 12.7. The highest BCUT2D eigenvalue weighted by Crippen LogP contribution is 2.31. The van der Waals surface area contributed by atoms with Gasteiger partial charge in [0, 0.05) is 13.1 Å². The molecule has 1 saturated heterocycles. The zero-order valence-electron chi connectivity index (χ0n) is 13.2. The van der Waals surface area contributed by atoms with Gasteiger partial charge in [-0.3, -0.25) is 9.59 Å². The number of nitrogens with zero attached hydrogens (tertiary/aromatic N) is 2. The number of aryl methyl sites for hydroxylation is 1. The summed E-state index contributed by atoms with van der Waals surface area (Å²) in [7, 11) is 0. The summed E-state index contributed by atoms with van der Waals surface area (Å²) in [6.45, 7) is 2.20. The lowest BCUT2D eigenvalue weighted by Gasteiger charge is -2.35. The fraction of sp³-hybridized carbons (Fsp3) is 0.312. The molecule has 1 aliphatic rings. The van der Waals surface area contributed by atoms with Gasteiger partial charge in [0.05, 0.1) is 11.8 Å². The highest BCUT2D eigenvalue weighted by atomic mass is 19.4. The van der Waals surface area contributed by atoms with E-state index >= 15 is 0 Å². The first-order valence-electron chi connectivity index (χ1n) is 7.55. The number of carbonyl (C=O) groups excluding carboxylic acids is 2. The number of carbonyl (C=O) groups is 2. The van der Waals surface area contributed by atoms with E-state index in [0.29, 0.717) is 11.4 Å². The average Bonchev–Trinajstić information content (AvgIpc) is 3.00. The molecule has 3 rings (SSSR count). The van der Waals surface area contributed by atoms with Crippen molar-refractivity contribution >= 4 is 11.8 Å². The van der Waals surface area contributed by atoms with Gasteiger partial charge < -0.3 is 15.2 Å². The van der Waals surface area contributed by atoms with E-state index < -0.39 is 29.6 Å². The number of benzene rings is 1. The molecule has 2 N–H and O–H groups in total. The highest BCUT2D eigenvalue weighted by Gasteiger charge is 2.36. The monoisotopic (exact) mass is 352 g/mol. The van der Waals surface area contributed by atoms with Crippen LogP contribution in [0.2, 0.25) is 0 Å². The molecule has 1 aromatic carbocycles. The average molecular weight is 352 g/mol. The zero-order chi connectivity index (χ0) is 18.2. The molecular formula is C16H15F3N4O2. The zero-order valence-corrected chi connectivity index (χ0v) is 13.2. The van der Waals surface area contributed by atoms with Gasteiger partial charge in [0.25, 0.3) is 5.91 Å². The lowest BCUT2D eigenvalue weighted by molar-refractivity contribution is -0.137. The van der Waals surface area contributed by atoms with Crippen molar-refractivity contribution in [3.63, 3.8) is 0 Å². The minimum absolute atomic E-state index is 0.226. The summed E-state index contributed by atoms with van der Waals surface area (Å²) in [5.74, 6) is -0.313. The van der Waals surface area contributed by atoms with E-state index in [1.165, 1.54) is 23.2 Å². The molecule has 1 aliphatic heterocycles. The molecule has 0 radical (unpaired) electrons. The second kappa shape index (κ2) is 6.23. The van der Waals surface area contributed by atoms with Gasteiger partial charge in [-0.1, -0.05) is 12.1 Å². The summed E-state index contributed by atoms with van der Waals surface area (Å²) < 4.78 is 38.1. The van der Waals surface area contributed by atoms with Gasteiger partial charge in [0.15, 0.2) is 0 Å². The Kier molecular flexibility index (Phi) is 4.23. The van der Waals surface area contributed by atoms with Crippen molar-refractivity contribution in [1.29, 1.82) is 0 Å². The predicted octanol–water partition coefficient (Wildman–Crippen LogP) is 2.05. The lowest BCUT2D eigenvalue weighted by Crippen LogP contribution is -2.52. The van der Waals surface area contributed by atoms with Crippen molar-refractivity contribution in [1.82, 2.24) is 20.2 Å². The Balaban J connectivity index is 1.93. The number of rotatable bonds is 2. The topological polar surface area (TPSA) is 78.1 Å². The maximum absolute atomic E-state index is 12.7. The Morgan fingerprint density at radius 3 is 2.52 bits per heavy atom. The summed E-state index contributed by atoms with van der Waals surface area (Å²) >= 11 is 0. The van der Waals surface area contributed by atoms with E-state index in [0.717, 1.165) is 12.1 Å². The normalized spacial score (nSPS) is 18.2. The van der Waals surface area contributed by atoms with Gasteiger partial charge in [-0.05, 0) is 24.6 Å². The van der Waals surface area contributed by atoms with Crippen LogP contribution in [0.3, 0.4) is 0 Å². The van der Waals surface area contributed by atoms with Crippen LogP contribution in [0, 0.1) is 6.92 Å². The van der Waals surface area contributed by atoms with Crippen LogP contribution in [0.4, 0.5) is 13.2 Å². The molecular weight excluding hydrogens is 337 g/mol. The Hall–Kier alpha value is -2.84.